The van der Waals surface area contributed by atoms with Crippen LogP contribution in [0.25, 0.3) is 15.9 Å². The summed E-state index contributed by atoms with van der Waals surface area (Å²) in [6.07, 6.45) is 2.63. The van der Waals surface area contributed by atoms with E-state index in [2.05, 4.69) is 39.2 Å². The molecule has 4 rings (SSSR count). The molecule has 0 saturated carbocycles. The van der Waals surface area contributed by atoms with E-state index in [0.717, 1.165) is 35.8 Å². The standard InChI is InChI=1S/C22H24N4O2S/c1-3-18(27)8-9-19-12-20-21(29-19)22(28)26(14-24-20)17-6-4-16(5-7-17)25-11-10-15(13-25)23-2/h4-7,12,14-15,18,23,27H,3,10-11,13H2,1-2H3/t15-,18?/m1/s1. The Morgan fingerprint density at radius 1 is 1.34 bits per heavy atom. The van der Waals surface area contributed by atoms with Gasteiger partial charge in [-0.3, -0.25) is 9.36 Å². The molecule has 3 heterocycles. The van der Waals surface area contributed by atoms with E-state index in [1.54, 1.807) is 17.0 Å². The van der Waals surface area contributed by atoms with Gasteiger partial charge in [0, 0.05) is 24.8 Å². The summed E-state index contributed by atoms with van der Waals surface area (Å²) in [7, 11) is 2.00. The average molecular weight is 409 g/mol. The Morgan fingerprint density at radius 3 is 2.79 bits per heavy atom. The SMILES string of the molecule is CCC(O)C#Cc1cc2ncn(-c3ccc(N4CC[C@@H](NC)C4)cc3)c(=O)c2s1. The first-order valence-corrected chi connectivity index (χ1v) is 10.6. The number of fused-ring (bicyclic) bond motifs is 1. The van der Waals surface area contributed by atoms with Crippen LogP contribution in [-0.4, -0.2) is 46.9 Å². The van der Waals surface area contributed by atoms with Crippen molar-refractivity contribution in [2.45, 2.75) is 31.9 Å². The molecule has 0 spiro atoms. The van der Waals surface area contributed by atoms with Crippen LogP contribution in [0.2, 0.25) is 0 Å². The van der Waals surface area contributed by atoms with Crippen LogP contribution in [-0.2, 0) is 0 Å². The van der Waals surface area contributed by atoms with Gasteiger partial charge in [-0.05, 0) is 50.2 Å². The summed E-state index contributed by atoms with van der Waals surface area (Å²) in [4.78, 5) is 20.5. The first-order valence-electron chi connectivity index (χ1n) is 9.82. The third kappa shape index (κ3) is 4.06. The predicted octanol–water partition coefficient (Wildman–Crippen LogP) is 2.37. The van der Waals surface area contributed by atoms with Crippen molar-refractivity contribution >= 4 is 27.2 Å². The van der Waals surface area contributed by atoms with Crippen LogP contribution >= 0.6 is 11.3 Å². The van der Waals surface area contributed by atoms with Crippen molar-refractivity contribution in [3.05, 3.63) is 51.9 Å². The van der Waals surface area contributed by atoms with Crippen molar-refractivity contribution in [1.82, 2.24) is 14.9 Å². The molecule has 0 amide bonds. The van der Waals surface area contributed by atoms with Gasteiger partial charge in [0.1, 0.15) is 17.1 Å². The van der Waals surface area contributed by atoms with E-state index in [1.807, 2.05) is 26.1 Å². The first kappa shape index (κ1) is 19.6. The number of aromatic nitrogens is 2. The van der Waals surface area contributed by atoms with Crippen molar-refractivity contribution in [1.29, 1.82) is 0 Å². The highest BCUT2D eigenvalue weighted by Crippen LogP contribution is 2.23. The molecule has 1 fully saturated rings. The summed E-state index contributed by atoms with van der Waals surface area (Å²) >= 11 is 1.32. The molecular weight excluding hydrogens is 384 g/mol. The van der Waals surface area contributed by atoms with Gasteiger partial charge >= 0.3 is 0 Å². The summed E-state index contributed by atoms with van der Waals surface area (Å²) in [6, 6.07) is 10.4. The topological polar surface area (TPSA) is 70.4 Å². The maximum atomic E-state index is 13.0. The van der Waals surface area contributed by atoms with E-state index in [1.165, 1.54) is 11.3 Å². The molecule has 1 aliphatic heterocycles. The number of likely N-dealkylation sites (N-methyl/N-ethyl adjacent to an activating group) is 1. The van der Waals surface area contributed by atoms with E-state index < -0.39 is 6.10 Å². The van der Waals surface area contributed by atoms with E-state index in [9.17, 15) is 9.90 Å². The summed E-state index contributed by atoms with van der Waals surface area (Å²) in [5.74, 6) is 5.72. The maximum absolute atomic E-state index is 13.0. The number of nitrogens with zero attached hydrogens (tertiary/aromatic N) is 3. The highest BCUT2D eigenvalue weighted by Gasteiger charge is 2.21. The first-order chi connectivity index (χ1) is 14.1. The summed E-state index contributed by atoms with van der Waals surface area (Å²) < 4.78 is 2.14. The van der Waals surface area contributed by atoms with Crippen molar-refractivity contribution in [3.63, 3.8) is 0 Å². The molecule has 6 nitrogen and oxygen atoms in total. The van der Waals surface area contributed by atoms with Crippen molar-refractivity contribution in [2.75, 3.05) is 25.0 Å². The Morgan fingerprint density at radius 2 is 2.10 bits per heavy atom. The molecule has 1 aromatic carbocycles. The molecule has 2 N–H and O–H groups in total. The lowest BCUT2D eigenvalue weighted by Gasteiger charge is -2.19. The molecule has 2 atom stereocenters. The summed E-state index contributed by atoms with van der Waals surface area (Å²) in [5, 5.41) is 12.9. The maximum Gasteiger partial charge on any atom is 0.275 e. The number of hydrogen-bond donors (Lipinski definition) is 2. The van der Waals surface area contributed by atoms with Crippen LogP contribution < -0.4 is 15.8 Å². The molecule has 7 heteroatoms. The van der Waals surface area contributed by atoms with Crippen LogP contribution in [0.3, 0.4) is 0 Å². The zero-order chi connectivity index (χ0) is 20.4. The molecule has 0 bridgehead atoms. The quantitative estimate of drug-likeness (QED) is 0.649. The van der Waals surface area contributed by atoms with Crippen LogP contribution in [0.1, 0.15) is 24.6 Å². The highest BCUT2D eigenvalue weighted by atomic mass is 32.1. The molecule has 2 aromatic heterocycles. The van der Waals surface area contributed by atoms with Gasteiger partial charge in [0.05, 0.1) is 16.1 Å². The predicted molar refractivity (Wildman–Crippen MR) is 118 cm³/mol. The van der Waals surface area contributed by atoms with Gasteiger partial charge in [0.15, 0.2) is 0 Å². The third-order valence-corrected chi connectivity index (χ3v) is 6.30. The number of anilines is 1. The zero-order valence-corrected chi connectivity index (χ0v) is 17.4. The lowest BCUT2D eigenvalue weighted by atomic mass is 10.2. The molecule has 0 radical (unpaired) electrons. The fourth-order valence-corrected chi connectivity index (χ4v) is 4.37. The Bertz CT molecular complexity index is 1120. The molecule has 3 aromatic rings. The molecule has 0 aliphatic carbocycles. The third-order valence-electron chi connectivity index (χ3n) is 5.28. The number of nitrogens with one attached hydrogen (secondary N) is 1. The fourth-order valence-electron chi connectivity index (χ4n) is 3.47. The second kappa shape index (κ2) is 8.37. The molecule has 1 aliphatic rings. The number of aliphatic hydroxyl groups is 1. The van der Waals surface area contributed by atoms with Gasteiger partial charge < -0.3 is 15.3 Å². The van der Waals surface area contributed by atoms with Crippen molar-refractivity contribution < 1.29 is 5.11 Å². The Labute approximate surface area is 173 Å². The van der Waals surface area contributed by atoms with Crippen LogP contribution in [0.15, 0.2) is 41.5 Å². The van der Waals surface area contributed by atoms with Gasteiger partial charge in [0.2, 0.25) is 0 Å². The van der Waals surface area contributed by atoms with Gasteiger partial charge in [-0.15, -0.1) is 11.3 Å². The second-order valence-corrected chi connectivity index (χ2v) is 8.23. The van der Waals surface area contributed by atoms with Crippen LogP contribution in [0, 0.1) is 11.8 Å². The fraction of sp³-hybridized carbons (Fsp3) is 0.364. The van der Waals surface area contributed by atoms with Crippen molar-refractivity contribution in [3.8, 4) is 17.5 Å². The zero-order valence-electron chi connectivity index (χ0n) is 16.6. The van der Waals surface area contributed by atoms with E-state index in [4.69, 9.17) is 0 Å². The van der Waals surface area contributed by atoms with Gasteiger partial charge in [-0.25, -0.2) is 4.98 Å². The highest BCUT2D eigenvalue weighted by molar-refractivity contribution is 7.19. The number of rotatable bonds is 4. The van der Waals surface area contributed by atoms with Crippen LogP contribution in [0.4, 0.5) is 5.69 Å². The van der Waals surface area contributed by atoms with Gasteiger partial charge in [-0.1, -0.05) is 18.8 Å². The van der Waals surface area contributed by atoms with Gasteiger partial charge in [0.25, 0.3) is 5.56 Å². The molecule has 1 saturated heterocycles. The monoisotopic (exact) mass is 408 g/mol. The number of benzene rings is 1. The average Bonchev–Trinajstić information content (AvgIpc) is 3.40. The normalized spacial score (nSPS) is 17.3. The largest absolute Gasteiger partial charge is 0.380 e. The minimum Gasteiger partial charge on any atom is -0.380 e. The number of aliphatic hydroxyl groups excluding tert-OH is 1. The molecule has 29 heavy (non-hydrogen) atoms. The number of hydrogen-bond acceptors (Lipinski definition) is 6. The minimum atomic E-state index is -0.651. The minimum absolute atomic E-state index is 0.103. The summed E-state index contributed by atoms with van der Waals surface area (Å²) in [6.45, 7) is 3.90. The molecular formula is C22H24N4O2S. The second-order valence-electron chi connectivity index (χ2n) is 7.17. The molecule has 150 valence electrons. The summed E-state index contributed by atoms with van der Waals surface area (Å²) in [5.41, 5.74) is 2.49. The van der Waals surface area contributed by atoms with E-state index in [0.29, 0.717) is 22.7 Å². The smallest absolute Gasteiger partial charge is 0.275 e. The Kier molecular flexibility index (Phi) is 5.67. The Hall–Kier alpha value is -2.66. The van der Waals surface area contributed by atoms with Crippen LogP contribution in [0.5, 0.6) is 0 Å². The van der Waals surface area contributed by atoms with E-state index >= 15 is 0 Å². The Balaban J connectivity index is 1.61. The number of thiophene rings is 1. The molecule has 1 unspecified atom stereocenters. The van der Waals surface area contributed by atoms with Crippen molar-refractivity contribution in [2.24, 2.45) is 0 Å². The van der Waals surface area contributed by atoms with Gasteiger partial charge in [-0.2, -0.15) is 0 Å². The lowest BCUT2D eigenvalue weighted by Crippen LogP contribution is -2.29. The lowest BCUT2D eigenvalue weighted by molar-refractivity contribution is 0.228. The van der Waals surface area contributed by atoms with E-state index in [-0.39, 0.29) is 5.56 Å².